The van der Waals surface area contributed by atoms with E-state index in [1.165, 1.54) is 32.1 Å². The second kappa shape index (κ2) is 9.79. The Balaban J connectivity index is 1.45. The van der Waals surface area contributed by atoms with E-state index in [0.29, 0.717) is 0 Å². The fraction of sp³-hybridized carbons (Fsp3) is 0.591. The maximum atomic E-state index is 12.6. The van der Waals surface area contributed by atoms with E-state index in [9.17, 15) is 4.79 Å². The minimum atomic E-state index is -0.0376. The van der Waals surface area contributed by atoms with Gasteiger partial charge in [-0.25, -0.2) is 4.79 Å². The van der Waals surface area contributed by atoms with Gasteiger partial charge in [0.25, 0.3) is 0 Å². The van der Waals surface area contributed by atoms with E-state index in [-0.39, 0.29) is 12.1 Å². The van der Waals surface area contributed by atoms with Gasteiger partial charge in [-0.05, 0) is 58.1 Å². The third-order valence-corrected chi connectivity index (χ3v) is 5.29. The molecule has 3 rings (SSSR count). The minimum absolute atomic E-state index is 0.0376. The first kappa shape index (κ1) is 19.7. The Morgan fingerprint density at radius 1 is 1.15 bits per heavy atom. The van der Waals surface area contributed by atoms with Crippen molar-refractivity contribution in [2.75, 3.05) is 38.0 Å². The van der Waals surface area contributed by atoms with Gasteiger partial charge < -0.3 is 15.0 Å². The number of amides is 2. The van der Waals surface area contributed by atoms with Gasteiger partial charge in [0.05, 0.1) is 11.8 Å². The number of nitrogens with zero attached hydrogens (tertiary/aromatic N) is 2. The molecule has 2 amide bonds. The molecule has 0 saturated carbocycles. The van der Waals surface area contributed by atoms with Gasteiger partial charge in [0, 0.05) is 32.7 Å². The lowest BCUT2D eigenvalue weighted by atomic mass is 9.97. The zero-order chi connectivity index (χ0) is 19.1. The molecule has 1 aliphatic carbocycles. The molecule has 0 spiro atoms. The van der Waals surface area contributed by atoms with Crippen LogP contribution in [0.2, 0.25) is 0 Å². The average molecular weight is 372 g/mol. The topological polar surface area (TPSA) is 44.8 Å². The maximum absolute atomic E-state index is 12.6. The molecule has 1 aliphatic heterocycles. The van der Waals surface area contributed by atoms with Crippen molar-refractivity contribution in [3.05, 3.63) is 35.9 Å². The predicted octanol–water partition coefficient (Wildman–Crippen LogP) is 4.51. The number of ether oxygens (including phenoxy) is 1. The summed E-state index contributed by atoms with van der Waals surface area (Å²) in [5, 5.41) is 3.02. The highest BCUT2D eigenvalue weighted by molar-refractivity contribution is 5.91. The lowest BCUT2D eigenvalue weighted by Crippen LogP contribution is -2.50. The highest BCUT2D eigenvalue weighted by atomic mass is 16.5. The molecule has 27 heavy (non-hydrogen) atoms. The summed E-state index contributed by atoms with van der Waals surface area (Å²) in [4.78, 5) is 17.0. The van der Waals surface area contributed by atoms with Crippen LogP contribution >= 0.6 is 0 Å². The van der Waals surface area contributed by atoms with Crippen molar-refractivity contribution in [1.29, 1.82) is 0 Å². The number of urea groups is 1. The number of para-hydroxylation sites is 2. The molecular formula is C22H33N3O2. The summed E-state index contributed by atoms with van der Waals surface area (Å²) in [6, 6.07) is 7.59. The standard InChI is InChI=1S/C22H33N3O2/c1-18(2)27-21-11-7-6-10-20(21)23-22(26)25-16-14-24(15-17-25)13-12-19-8-4-3-5-9-19/h6-8,10-11,18H,3-5,9,12-17H2,1-2H3,(H,23,26). The molecule has 148 valence electrons. The first-order valence-electron chi connectivity index (χ1n) is 10.3. The number of carbonyl (C=O) groups is 1. The number of rotatable bonds is 6. The number of hydrogen-bond acceptors (Lipinski definition) is 3. The number of allylic oxidation sites excluding steroid dienone is 1. The third-order valence-electron chi connectivity index (χ3n) is 5.29. The molecule has 2 aliphatic rings. The highest BCUT2D eigenvalue weighted by Gasteiger charge is 2.22. The van der Waals surface area contributed by atoms with Crippen LogP contribution in [0.25, 0.3) is 0 Å². The summed E-state index contributed by atoms with van der Waals surface area (Å²) in [6.07, 6.45) is 8.93. The zero-order valence-electron chi connectivity index (χ0n) is 16.7. The predicted molar refractivity (Wildman–Crippen MR) is 110 cm³/mol. The zero-order valence-corrected chi connectivity index (χ0v) is 16.7. The summed E-state index contributed by atoms with van der Waals surface area (Å²) < 4.78 is 5.79. The maximum Gasteiger partial charge on any atom is 0.322 e. The number of benzene rings is 1. The molecule has 0 radical (unpaired) electrons. The Morgan fingerprint density at radius 3 is 2.63 bits per heavy atom. The Morgan fingerprint density at radius 2 is 1.93 bits per heavy atom. The Labute approximate surface area is 163 Å². The molecule has 1 N–H and O–H groups in total. The average Bonchev–Trinajstić information content (AvgIpc) is 2.69. The van der Waals surface area contributed by atoms with Crippen molar-refractivity contribution in [1.82, 2.24) is 9.80 Å². The lowest BCUT2D eigenvalue weighted by Gasteiger charge is -2.35. The van der Waals surface area contributed by atoms with Crippen molar-refractivity contribution in [2.24, 2.45) is 0 Å². The molecule has 5 nitrogen and oxygen atoms in total. The van der Waals surface area contributed by atoms with Crippen molar-refractivity contribution in [3.8, 4) is 5.75 Å². The molecule has 1 aromatic carbocycles. The molecule has 1 aromatic rings. The third kappa shape index (κ3) is 5.99. The van der Waals surface area contributed by atoms with Crippen molar-refractivity contribution in [3.63, 3.8) is 0 Å². The van der Waals surface area contributed by atoms with E-state index >= 15 is 0 Å². The highest BCUT2D eigenvalue weighted by Crippen LogP contribution is 2.25. The molecule has 5 heteroatoms. The molecule has 0 unspecified atom stereocenters. The number of anilines is 1. The van der Waals surface area contributed by atoms with Crippen molar-refractivity contribution >= 4 is 11.7 Å². The van der Waals surface area contributed by atoms with Gasteiger partial charge in [-0.15, -0.1) is 0 Å². The van der Waals surface area contributed by atoms with E-state index in [0.717, 1.165) is 44.2 Å². The summed E-state index contributed by atoms with van der Waals surface area (Å²) >= 11 is 0. The summed E-state index contributed by atoms with van der Waals surface area (Å²) in [5.74, 6) is 0.722. The first-order valence-corrected chi connectivity index (χ1v) is 10.3. The van der Waals surface area contributed by atoms with E-state index in [4.69, 9.17) is 4.74 Å². The van der Waals surface area contributed by atoms with Crippen LogP contribution in [0.1, 0.15) is 46.0 Å². The minimum Gasteiger partial charge on any atom is -0.489 e. The van der Waals surface area contributed by atoms with Crippen LogP contribution < -0.4 is 10.1 Å². The van der Waals surface area contributed by atoms with Gasteiger partial charge in [-0.2, -0.15) is 0 Å². The van der Waals surface area contributed by atoms with Crippen molar-refractivity contribution in [2.45, 2.75) is 52.1 Å². The van der Waals surface area contributed by atoms with Gasteiger partial charge in [0.2, 0.25) is 0 Å². The van der Waals surface area contributed by atoms with Gasteiger partial charge in [-0.1, -0.05) is 23.8 Å². The number of piperazine rings is 1. The van der Waals surface area contributed by atoms with Crippen LogP contribution in [0.4, 0.5) is 10.5 Å². The SMILES string of the molecule is CC(C)Oc1ccccc1NC(=O)N1CCN(CCC2=CCCCC2)CC1. The van der Waals surface area contributed by atoms with Gasteiger partial charge in [0.1, 0.15) is 5.75 Å². The lowest BCUT2D eigenvalue weighted by molar-refractivity contribution is 0.148. The number of hydrogen-bond donors (Lipinski definition) is 1. The monoisotopic (exact) mass is 371 g/mol. The molecule has 1 heterocycles. The number of nitrogens with one attached hydrogen (secondary N) is 1. The molecule has 1 saturated heterocycles. The van der Waals surface area contributed by atoms with Crippen LogP contribution in [0.5, 0.6) is 5.75 Å². The Hall–Kier alpha value is -2.01. The summed E-state index contributed by atoms with van der Waals surface area (Å²) in [7, 11) is 0. The van der Waals surface area contributed by atoms with Crippen LogP contribution in [-0.4, -0.2) is 54.7 Å². The molecule has 0 bridgehead atoms. The smallest absolute Gasteiger partial charge is 0.322 e. The normalized spacial score (nSPS) is 18.3. The molecular weight excluding hydrogens is 338 g/mol. The molecule has 0 aromatic heterocycles. The van der Waals surface area contributed by atoms with Crippen LogP contribution in [-0.2, 0) is 0 Å². The van der Waals surface area contributed by atoms with Crippen LogP contribution in [0, 0.1) is 0 Å². The van der Waals surface area contributed by atoms with Gasteiger partial charge >= 0.3 is 6.03 Å². The Kier molecular flexibility index (Phi) is 7.16. The summed E-state index contributed by atoms with van der Waals surface area (Å²) in [5.41, 5.74) is 2.37. The fourth-order valence-electron chi connectivity index (χ4n) is 3.73. The molecule has 0 atom stereocenters. The van der Waals surface area contributed by atoms with E-state index in [1.54, 1.807) is 5.57 Å². The second-order valence-corrected chi connectivity index (χ2v) is 7.78. The van der Waals surface area contributed by atoms with E-state index in [1.807, 2.05) is 43.0 Å². The van der Waals surface area contributed by atoms with Crippen LogP contribution in [0.15, 0.2) is 35.9 Å². The van der Waals surface area contributed by atoms with Crippen molar-refractivity contribution < 1.29 is 9.53 Å². The molecule has 1 fully saturated rings. The van der Waals surface area contributed by atoms with Gasteiger partial charge in [0.15, 0.2) is 0 Å². The Bertz CT molecular complexity index is 649. The second-order valence-electron chi connectivity index (χ2n) is 7.78. The van der Waals surface area contributed by atoms with E-state index in [2.05, 4.69) is 16.3 Å². The largest absolute Gasteiger partial charge is 0.489 e. The number of carbonyl (C=O) groups excluding carboxylic acids is 1. The van der Waals surface area contributed by atoms with E-state index < -0.39 is 0 Å². The fourth-order valence-corrected chi connectivity index (χ4v) is 3.73. The quantitative estimate of drug-likeness (QED) is 0.748. The first-order chi connectivity index (χ1) is 13.1. The van der Waals surface area contributed by atoms with Crippen LogP contribution in [0.3, 0.4) is 0 Å². The van der Waals surface area contributed by atoms with Gasteiger partial charge in [-0.3, -0.25) is 4.90 Å². The summed E-state index contributed by atoms with van der Waals surface area (Å²) in [6.45, 7) is 8.54.